The third-order valence-corrected chi connectivity index (χ3v) is 5.32. The Morgan fingerprint density at radius 3 is 2.52 bits per heavy atom. The van der Waals surface area contributed by atoms with Crippen molar-refractivity contribution in [3.63, 3.8) is 0 Å². The van der Waals surface area contributed by atoms with Crippen LogP contribution in [-0.4, -0.2) is 32.6 Å². The number of alkyl halides is 1. The van der Waals surface area contributed by atoms with Gasteiger partial charge in [0.1, 0.15) is 5.56 Å². The van der Waals surface area contributed by atoms with E-state index in [1.54, 1.807) is 19.1 Å². The van der Waals surface area contributed by atoms with E-state index in [4.69, 9.17) is 0 Å². The molecule has 2 unspecified atom stereocenters. The van der Waals surface area contributed by atoms with Crippen molar-refractivity contribution in [3.8, 4) is 0 Å². The van der Waals surface area contributed by atoms with Gasteiger partial charge >= 0.3 is 0 Å². The van der Waals surface area contributed by atoms with E-state index in [1.165, 1.54) is 6.07 Å². The van der Waals surface area contributed by atoms with Crippen LogP contribution in [0.3, 0.4) is 0 Å². The summed E-state index contributed by atoms with van der Waals surface area (Å²) < 4.78 is 0. The summed E-state index contributed by atoms with van der Waals surface area (Å²) in [4.78, 5) is 26.0. The highest BCUT2D eigenvalue weighted by molar-refractivity contribution is 9.09. The lowest BCUT2D eigenvalue weighted by molar-refractivity contribution is -0.385. The lowest BCUT2D eigenvalue weighted by Gasteiger charge is -2.37. The summed E-state index contributed by atoms with van der Waals surface area (Å²) in [5, 5.41) is 11.2. The molecular weight excluding hydrogens is 336 g/mol. The highest BCUT2D eigenvalue weighted by atomic mass is 79.9. The predicted octanol–water partition coefficient (Wildman–Crippen LogP) is 3.43. The SMILES string of the molecule is Cc1cccc([N+](=O)[O-])c1C(=O)N1C2CCC1CC(Br)C2. The molecule has 2 aliphatic heterocycles. The molecule has 2 saturated heterocycles. The van der Waals surface area contributed by atoms with E-state index in [-0.39, 0.29) is 29.2 Å². The Morgan fingerprint density at radius 1 is 1.33 bits per heavy atom. The van der Waals surface area contributed by atoms with Crippen molar-refractivity contribution in [2.75, 3.05) is 0 Å². The zero-order valence-electron chi connectivity index (χ0n) is 11.8. The van der Waals surface area contributed by atoms with Crippen molar-refractivity contribution < 1.29 is 9.72 Å². The van der Waals surface area contributed by atoms with E-state index in [0.29, 0.717) is 10.4 Å². The molecule has 0 saturated carbocycles. The molecule has 5 nitrogen and oxygen atoms in total. The number of rotatable bonds is 2. The standard InChI is InChI=1S/C15H17BrN2O3/c1-9-3-2-4-13(18(20)21)14(9)15(19)17-11-5-6-12(17)8-10(16)7-11/h2-4,10-12H,5-8H2,1H3. The summed E-state index contributed by atoms with van der Waals surface area (Å²) in [5.74, 6) is -0.174. The van der Waals surface area contributed by atoms with Gasteiger partial charge in [-0.3, -0.25) is 14.9 Å². The highest BCUT2D eigenvalue weighted by Gasteiger charge is 2.44. The number of nitrogens with zero attached hydrogens (tertiary/aromatic N) is 2. The monoisotopic (exact) mass is 352 g/mol. The molecule has 6 heteroatoms. The molecule has 2 atom stereocenters. The molecule has 1 aromatic carbocycles. The van der Waals surface area contributed by atoms with Crippen molar-refractivity contribution in [1.82, 2.24) is 4.90 Å². The second-order valence-electron chi connectivity index (χ2n) is 5.89. The summed E-state index contributed by atoms with van der Waals surface area (Å²) >= 11 is 3.65. The van der Waals surface area contributed by atoms with E-state index >= 15 is 0 Å². The van der Waals surface area contributed by atoms with Crippen LogP contribution >= 0.6 is 15.9 Å². The molecule has 1 aromatic rings. The lowest BCUT2D eigenvalue weighted by atomic mass is 9.99. The van der Waals surface area contributed by atoms with Gasteiger partial charge in [0, 0.05) is 23.0 Å². The van der Waals surface area contributed by atoms with Gasteiger partial charge < -0.3 is 4.90 Å². The molecule has 21 heavy (non-hydrogen) atoms. The topological polar surface area (TPSA) is 63.5 Å². The number of nitro benzene ring substituents is 1. The molecule has 2 heterocycles. The van der Waals surface area contributed by atoms with Crippen LogP contribution in [0.25, 0.3) is 0 Å². The van der Waals surface area contributed by atoms with Crippen molar-refractivity contribution in [1.29, 1.82) is 0 Å². The summed E-state index contributed by atoms with van der Waals surface area (Å²) in [7, 11) is 0. The molecule has 0 spiro atoms. The average Bonchev–Trinajstić information content (AvgIpc) is 2.70. The maximum Gasteiger partial charge on any atom is 0.282 e. The van der Waals surface area contributed by atoms with Crippen LogP contribution in [0.5, 0.6) is 0 Å². The lowest BCUT2D eigenvalue weighted by Crippen LogP contribution is -2.47. The van der Waals surface area contributed by atoms with Crippen LogP contribution in [0.15, 0.2) is 18.2 Å². The van der Waals surface area contributed by atoms with Gasteiger partial charge in [-0.1, -0.05) is 28.1 Å². The van der Waals surface area contributed by atoms with Gasteiger partial charge in [0.25, 0.3) is 11.6 Å². The maximum atomic E-state index is 12.9. The molecule has 2 bridgehead atoms. The number of carbonyl (C=O) groups excluding carboxylic acids is 1. The summed E-state index contributed by atoms with van der Waals surface area (Å²) in [6.07, 6.45) is 3.86. The minimum absolute atomic E-state index is 0.0830. The van der Waals surface area contributed by atoms with E-state index in [1.807, 2.05) is 4.90 Å². The van der Waals surface area contributed by atoms with E-state index in [0.717, 1.165) is 25.7 Å². The number of hydrogen-bond donors (Lipinski definition) is 0. The summed E-state index contributed by atoms with van der Waals surface area (Å²) in [6, 6.07) is 5.22. The summed E-state index contributed by atoms with van der Waals surface area (Å²) in [5.41, 5.74) is 0.849. The number of fused-ring (bicyclic) bond motifs is 2. The van der Waals surface area contributed by atoms with Gasteiger partial charge in [0.2, 0.25) is 0 Å². The van der Waals surface area contributed by atoms with Crippen LogP contribution < -0.4 is 0 Å². The van der Waals surface area contributed by atoms with Crippen LogP contribution in [0.2, 0.25) is 0 Å². The van der Waals surface area contributed by atoms with E-state index in [2.05, 4.69) is 15.9 Å². The van der Waals surface area contributed by atoms with E-state index < -0.39 is 4.92 Å². The zero-order valence-corrected chi connectivity index (χ0v) is 13.4. The fourth-order valence-electron chi connectivity index (χ4n) is 3.65. The smallest absolute Gasteiger partial charge is 0.282 e. The Hall–Kier alpha value is -1.43. The minimum atomic E-state index is -0.459. The van der Waals surface area contributed by atoms with Crippen LogP contribution in [0.4, 0.5) is 5.69 Å². The van der Waals surface area contributed by atoms with Gasteiger partial charge in [-0.15, -0.1) is 0 Å². The number of benzene rings is 1. The molecular formula is C15H17BrN2O3. The van der Waals surface area contributed by atoms with Crippen LogP contribution in [0.1, 0.15) is 41.6 Å². The third-order valence-electron chi connectivity index (χ3n) is 4.57. The molecule has 1 amide bonds. The Morgan fingerprint density at radius 2 is 1.95 bits per heavy atom. The molecule has 0 aliphatic carbocycles. The largest absolute Gasteiger partial charge is 0.332 e. The molecule has 2 aliphatic rings. The molecule has 2 fully saturated rings. The van der Waals surface area contributed by atoms with Crippen molar-refractivity contribution in [3.05, 3.63) is 39.4 Å². The van der Waals surface area contributed by atoms with Gasteiger partial charge in [-0.05, 0) is 38.2 Å². The fraction of sp³-hybridized carbons (Fsp3) is 0.533. The number of carbonyl (C=O) groups is 1. The van der Waals surface area contributed by atoms with Gasteiger partial charge in [0.15, 0.2) is 0 Å². The number of aryl methyl sites for hydroxylation is 1. The molecule has 3 rings (SSSR count). The normalized spacial score (nSPS) is 27.7. The van der Waals surface area contributed by atoms with Gasteiger partial charge in [-0.25, -0.2) is 0 Å². The second kappa shape index (κ2) is 5.40. The fourth-order valence-corrected chi connectivity index (χ4v) is 4.52. The second-order valence-corrected chi connectivity index (χ2v) is 7.19. The first kappa shape index (κ1) is 14.5. The predicted molar refractivity (Wildman–Crippen MR) is 82.8 cm³/mol. The third kappa shape index (κ3) is 2.46. The molecule has 0 aromatic heterocycles. The number of amides is 1. The van der Waals surface area contributed by atoms with Crippen molar-refractivity contribution in [2.24, 2.45) is 0 Å². The number of hydrogen-bond acceptors (Lipinski definition) is 3. The number of nitro groups is 1. The molecule has 0 radical (unpaired) electrons. The van der Waals surface area contributed by atoms with Crippen LogP contribution in [0, 0.1) is 17.0 Å². The number of halogens is 1. The Bertz CT molecular complexity index is 591. The molecule has 112 valence electrons. The molecule has 0 N–H and O–H groups in total. The first-order valence-corrected chi connectivity index (χ1v) is 8.11. The summed E-state index contributed by atoms with van der Waals surface area (Å²) in [6.45, 7) is 1.76. The van der Waals surface area contributed by atoms with Crippen LogP contribution in [-0.2, 0) is 0 Å². The van der Waals surface area contributed by atoms with Gasteiger partial charge in [0.05, 0.1) is 4.92 Å². The van der Waals surface area contributed by atoms with Crippen molar-refractivity contribution >= 4 is 27.5 Å². The Kier molecular flexibility index (Phi) is 3.73. The number of piperidine rings is 1. The van der Waals surface area contributed by atoms with E-state index in [9.17, 15) is 14.9 Å². The minimum Gasteiger partial charge on any atom is -0.332 e. The zero-order chi connectivity index (χ0) is 15.1. The highest BCUT2D eigenvalue weighted by Crippen LogP contribution is 2.40. The maximum absolute atomic E-state index is 12.9. The van der Waals surface area contributed by atoms with Crippen molar-refractivity contribution in [2.45, 2.75) is 49.5 Å². The average molecular weight is 353 g/mol. The first-order valence-electron chi connectivity index (χ1n) is 7.19. The quantitative estimate of drug-likeness (QED) is 0.465. The van der Waals surface area contributed by atoms with Gasteiger partial charge in [-0.2, -0.15) is 0 Å². The Labute approximate surface area is 131 Å². The Balaban J connectivity index is 1.99. The first-order chi connectivity index (χ1) is 9.99.